The Kier molecular flexibility index (Phi) is 4.45. The molecule has 2 heterocycles. The smallest absolute Gasteiger partial charge is 0.453 e. The minimum Gasteiger partial charge on any atom is -0.493 e. The van der Waals surface area contributed by atoms with E-state index in [-0.39, 0.29) is 11.5 Å². The molecule has 26 heavy (non-hydrogen) atoms. The molecule has 0 bridgehead atoms. The number of hydrogen-bond acceptors (Lipinski definition) is 7. The molecule has 0 saturated heterocycles. The maximum absolute atomic E-state index is 13.0. The third-order valence-electron chi connectivity index (χ3n) is 3.45. The van der Waals surface area contributed by atoms with Crippen molar-refractivity contribution in [1.29, 1.82) is 0 Å². The average molecular weight is 369 g/mol. The molecule has 3 rings (SSSR count). The Morgan fingerprint density at radius 1 is 0.962 bits per heavy atom. The van der Waals surface area contributed by atoms with Gasteiger partial charge in [0.25, 0.3) is 5.82 Å². The van der Waals surface area contributed by atoms with Gasteiger partial charge in [-0.3, -0.25) is 0 Å². The lowest BCUT2D eigenvalue weighted by Crippen LogP contribution is -2.13. The molecule has 2 aromatic heterocycles. The van der Waals surface area contributed by atoms with Crippen molar-refractivity contribution in [3.8, 4) is 17.2 Å². The highest BCUT2D eigenvalue weighted by Crippen LogP contribution is 2.40. The van der Waals surface area contributed by atoms with Gasteiger partial charge in [0, 0.05) is 17.8 Å². The van der Waals surface area contributed by atoms with E-state index in [2.05, 4.69) is 20.6 Å². The minimum absolute atomic E-state index is 0.0206. The molecule has 0 aliphatic rings. The molecule has 0 spiro atoms. The van der Waals surface area contributed by atoms with Gasteiger partial charge in [0.2, 0.25) is 5.75 Å². The zero-order valence-corrected chi connectivity index (χ0v) is 14.0. The maximum atomic E-state index is 13.0. The topological polar surface area (TPSA) is 82.8 Å². The minimum atomic E-state index is -4.67. The van der Waals surface area contributed by atoms with Crippen molar-refractivity contribution in [3.05, 3.63) is 30.1 Å². The monoisotopic (exact) mass is 369 g/mol. The summed E-state index contributed by atoms with van der Waals surface area (Å²) in [7, 11) is 4.38. The fourth-order valence-electron chi connectivity index (χ4n) is 2.33. The third-order valence-corrected chi connectivity index (χ3v) is 3.45. The van der Waals surface area contributed by atoms with E-state index in [1.54, 1.807) is 12.1 Å². The van der Waals surface area contributed by atoms with E-state index in [0.29, 0.717) is 27.5 Å². The van der Waals surface area contributed by atoms with Crippen LogP contribution in [0.25, 0.3) is 5.65 Å². The van der Waals surface area contributed by atoms with Crippen LogP contribution in [0.15, 0.2) is 24.3 Å². The second-order valence-corrected chi connectivity index (χ2v) is 5.05. The molecule has 0 unspecified atom stereocenters. The van der Waals surface area contributed by atoms with Crippen LogP contribution in [0, 0.1) is 0 Å². The number of ether oxygens (including phenoxy) is 3. The van der Waals surface area contributed by atoms with Crippen LogP contribution in [-0.4, -0.2) is 41.1 Å². The lowest BCUT2D eigenvalue weighted by atomic mass is 10.2. The molecule has 1 aromatic carbocycles. The largest absolute Gasteiger partial charge is 0.493 e. The van der Waals surface area contributed by atoms with Crippen molar-refractivity contribution in [2.24, 2.45) is 0 Å². The predicted molar refractivity (Wildman–Crippen MR) is 85.2 cm³/mol. The molecule has 11 heteroatoms. The van der Waals surface area contributed by atoms with Gasteiger partial charge in [0.15, 0.2) is 23.0 Å². The number of nitrogens with zero attached hydrogens (tertiary/aromatic N) is 4. The summed E-state index contributed by atoms with van der Waals surface area (Å²) in [5, 5.41) is 13.4. The molecule has 3 aromatic rings. The quantitative estimate of drug-likeness (QED) is 0.740. The summed E-state index contributed by atoms with van der Waals surface area (Å²) < 4.78 is 55.2. The van der Waals surface area contributed by atoms with Crippen molar-refractivity contribution in [2.45, 2.75) is 6.18 Å². The number of rotatable bonds is 5. The van der Waals surface area contributed by atoms with E-state index >= 15 is 0 Å². The van der Waals surface area contributed by atoms with Gasteiger partial charge in [-0.05, 0) is 12.1 Å². The van der Waals surface area contributed by atoms with Crippen molar-refractivity contribution >= 4 is 17.2 Å². The van der Waals surface area contributed by atoms with Crippen LogP contribution in [0.3, 0.4) is 0 Å². The van der Waals surface area contributed by atoms with Gasteiger partial charge < -0.3 is 19.5 Å². The fraction of sp³-hybridized carbons (Fsp3) is 0.267. The summed E-state index contributed by atoms with van der Waals surface area (Å²) in [4.78, 5) is 0. The van der Waals surface area contributed by atoms with Gasteiger partial charge in [0.1, 0.15) is 0 Å². The highest BCUT2D eigenvalue weighted by molar-refractivity contribution is 5.66. The predicted octanol–water partition coefficient (Wildman–Crippen LogP) is 2.91. The summed E-state index contributed by atoms with van der Waals surface area (Å²) >= 11 is 0. The number of methoxy groups -OCH3 is 3. The number of nitrogens with one attached hydrogen (secondary N) is 1. The van der Waals surface area contributed by atoms with E-state index in [0.717, 1.165) is 0 Å². The van der Waals surface area contributed by atoms with Crippen LogP contribution < -0.4 is 19.5 Å². The Bertz CT molecular complexity index is 917. The number of fused-ring (bicyclic) bond motifs is 1. The zero-order chi connectivity index (χ0) is 18.9. The van der Waals surface area contributed by atoms with Crippen LogP contribution in [0.2, 0.25) is 0 Å². The highest BCUT2D eigenvalue weighted by Gasteiger charge is 2.37. The molecule has 138 valence electrons. The van der Waals surface area contributed by atoms with Gasteiger partial charge in [-0.1, -0.05) is 0 Å². The van der Waals surface area contributed by atoms with Crippen LogP contribution in [-0.2, 0) is 6.18 Å². The normalized spacial score (nSPS) is 11.5. The Balaban J connectivity index is 2.01. The van der Waals surface area contributed by atoms with Gasteiger partial charge in [-0.2, -0.15) is 17.7 Å². The summed E-state index contributed by atoms with van der Waals surface area (Å²) in [6, 6.07) is 6.05. The Hall–Kier alpha value is -3.24. The molecular formula is C15H14F3N5O3. The van der Waals surface area contributed by atoms with Crippen molar-refractivity contribution < 1.29 is 27.4 Å². The van der Waals surface area contributed by atoms with Gasteiger partial charge in [-0.25, -0.2) is 0 Å². The van der Waals surface area contributed by atoms with E-state index < -0.39 is 12.0 Å². The van der Waals surface area contributed by atoms with Crippen molar-refractivity contribution in [3.63, 3.8) is 0 Å². The van der Waals surface area contributed by atoms with Crippen LogP contribution >= 0.6 is 0 Å². The molecular weight excluding hydrogens is 355 g/mol. The number of aromatic nitrogens is 4. The van der Waals surface area contributed by atoms with Gasteiger partial charge in [0.05, 0.1) is 21.3 Å². The van der Waals surface area contributed by atoms with Crippen LogP contribution in [0.5, 0.6) is 17.2 Å². The summed E-state index contributed by atoms with van der Waals surface area (Å²) in [5.41, 5.74) is 0.459. The van der Waals surface area contributed by atoms with Gasteiger partial charge in [-0.15, -0.1) is 15.3 Å². The lowest BCUT2D eigenvalue weighted by molar-refractivity contribution is -0.146. The van der Waals surface area contributed by atoms with E-state index in [4.69, 9.17) is 14.2 Å². The fourth-order valence-corrected chi connectivity index (χ4v) is 2.33. The first-order chi connectivity index (χ1) is 12.4. The standard InChI is InChI=1S/C15H14F3N5O3/c1-24-9-6-8(7-10(25-2)13(9)26-3)19-11-4-5-12-20-21-14(15(16,17)18)23(12)22-11/h4-7H,1-3H3,(H,19,22). The summed E-state index contributed by atoms with van der Waals surface area (Å²) in [5.74, 6) is 0.103. The number of alkyl halides is 3. The first-order valence-electron chi connectivity index (χ1n) is 7.24. The average Bonchev–Trinajstić information content (AvgIpc) is 3.04. The molecule has 0 amide bonds. The van der Waals surface area contributed by atoms with Gasteiger partial charge >= 0.3 is 6.18 Å². The Morgan fingerprint density at radius 3 is 2.15 bits per heavy atom. The van der Waals surface area contributed by atoms with E-state index in [9.17, 15) is 13.2 Å². The molecule has 0 aliphatic carbocycles. The molecule has 8 nitrogen and oxygen atoms in total. The summed E-state index contributed by atoms with van der Waals surface area (Å²) in [6.45, 7) is 0. The van der Waals surface area contributed by atoms with Crippen molar-refractivity contribution in [1.82, 2.24) is 19.8 Å². The highest BCUT2D eigenvalue weighted by atomic mass is 19.4. The molecule has 0 fully saturated rings. The molecule has 0 aliphatic heterocycles. The number of benzene rings is 1. The number of halogens is 3. The number of hydrogen-bond donors (Lipinski definition) is 1. The summed E-state index contributed by atoms with van der Waals surface area (Å²) in [6.07, 6.45) is -4.67. The molecule has 0 radical (unpaired) electrons. The zero-order valence-electron chi connectivity index (χ0n) is 14.0. The van der Waals surface area contributed by atoms with E-state index in [1.165, 1.54) is 33.5 Å². The molecule has 0 atom stereocenters. The first-order valence-corrected chi connectivity index (χ1v) is 7.24. The molecule has 1 N–H and O–H groups in total. The SMILES string of the molecule is COc1cc(Nc2ccc3nnc(C(F)(F)F)n3n2)cc(OC)c1OC. The van der Waals surface area contributed by atoms with Crippen LogP contribution in [0.4, 0.5) is 24.7 Å². The van der Waals surface area contributed by atoms with Crippen molar-refractivity contribution in [2.75, 3.05) is 26.6 Å². The maximum Gasteiger partial charge on any atom is 0.453 e. The molecule has 0 saturated carbocycles. The number of anilines is 2. The Morgan fingerprint density at radius 2 is 1.62 bits per heavy atom. The second-order valence-electron chi connectivity index (χ2n) is 5.05. The van der Waals surface area contributed by atoms with Crippen LogP contribution in [0.1, 0.15) is 5.82 Å². The Labute approximate surface area is 145 Å². The second kappa shape index (κ2) is 6.58. The first kappa shape index (κ1) is 17.6. The van der Waals surface area contributed by atoms with E-state index in [1.807, 2.05) is 0 Å². The lowest BCUT2D eigenvalue weighted by Gasteiger charge is -2.15. The third kappa shape index (κ3) is 3.15.